The van der Waals surface area contributed by atoms with E-state index in [-0.39, 0.29) is 0 Å². The standard InChI is InChI=1S/C8H13ClN4O/c1-8(11-2,7(10)14)5-13-4-6(9)3-12-13/h3-4,11H,5H2,1-2H3,(H2,10,14). The molecule has 1 aromatic heterocycles. The number of hydrogen-bond donors (Lipinski definition) is 2. The molecule has 1 aromatic rings. The lowest BCUT2D eigenvalue weighted by Crippen LogP contribution is -2.54. The molecule has 0 aromatic carbocycles. The second-order valence-corrected chi connectivity index (χ2v) is 3.74. The van der Waals surface area contributed by atoms with E-state index in [9.17, 15) is 4.79 Å². The minimum Gasteiger partial charge on any atom is -0.368 e. The molecule has 78 valence electrons. The number of nitrogens with two attached hydrogens (primary N) is 1. The number of halogens is 1. The summed E-state index contributed by atoms with van der Waals surface area (Å²) in [7, 11) is 1.68. The lowest BCUT2D eigenvalue weighted by atomic mass is 10.0. The van der Waals surface area contributed by atoms with Crippen molar-refractivity contribution in [2.75, 3.05) is 7.05 Å². The molecule has 0 saturated heterocycles. The quantitative estimate of drug-likeness (QED) is 0.744. The third-order valence-corrected chi connectivity index (χ3v) is 2.37. The Morgan fingerprint density at radius 2 is 2.50 bits per heavy atom. The van der Waals surface area contributed by atoms with Crippen molar-refractivity contribution in [2.45, 2.75) is 19.0 Å². The smallest absolute Gasteiger partial charge is 0.239 e. The monoisotopic (exact) mass is 216 g/mol. The van der Waals surface area contributed by atoms with Gasteiger partial charge in [-0.25, -0.2) is 0 Å². The van der Waals surface area contributed by atoms with Crippen LogP contribution in [0.3, 0.4) is 0 Å². The second kappa shape index (κ2) is 3.98. The van der Waals surface area contributed by atoms with Gasteiger partial charge in [-0.15, -0.1) is 0 Å². The van der Waals surface area contributed by atoms with Crippen LogP contribution in [-0.4, -0.2) is 28.3 Å². The normalized spacial score (nSPS) is 15.1. The Morgan fingerprint density at radius 1 is 1.86 bits per heavy atom. The number of hydrogen-bond acceptors (Lipinski definition) is 3. The van der Waals surface area contributed by atoms with Gasteiger partial charge in [0.1, 0.15) is 5.54 Å². The highest BCUT2D eigenvalue weighted by Crippen LogP contribution is 2.09. The molecule has 6 heteroatoms. The van der Waals surface area contributed by atoms with Crippen molar-refractivity contribution >= 4 is 17.5 Å². The average molecular weight is 217 g/mol. The van der Waals surface area contributed by atoms with Gasteiger partial charge < -0.3 is 11.1 Å². The van der Waals surface area contributed by atoms with E-state index in [1.165, 1.54) is 6.20 Å². The Balaban J connectivity index is 2.80. The summed E-state index contributed by atoms with van der Waals surface area (Å²) in [4.78, 5) is 11.1. The summed E-state index contributed by atoms with van der Waals surface area (Å²) in [5.41, 5.74) is 4.45. The highest BCUT2D eigenvalue weighted by molar-refractivity contribution is 6.30. The molecule has 0 radical (unpaired) electrons. The largest absolute Gasteiger partial charge is 0.368 e. The number of carbonyl (C=O) groups is 1. The van der Waals surface area contributed by atoms with Crippen molar-refractivity contribution in [1.29, 1.82) is 0 Å². The molecule has 0 fully saturated rings. The topological polar surface area (TPSA) is 72.9 Å². The first-order valence-corrected chi connectivity index (χ1v) is 4.52. The molecule has 5 nitrogen and oxygen atoms in total. The molecule has 0 aliphatic rings. The molecule has 1 amide bonds. The number of likely N-dealkylation sites (N-methyl/N-ethyl adjacent to an activating group) is 1. The van der Waals surface area contributed by atoms with E-state index in [0.29, 0.717) is 11.6 Å². The molecule has 0 aliphatic heterocycles. The van der Waals surface area contributed by atoms with Crippen LogP contribution in [0, 0.1) is 0 Å². The van der Waals surface area contributed by atoms with Crippen LogP contribution >= 0.6 is 11.6 Å². The molecular weight excluding hydrogens is 204 g/mol. The predicted octanol–water partition coefficient (Wildman–Crippen LogP) is -0.000100. The van der Waals surface area contributed by atoms with E-state index in [2.05, 4.69) is 10.4 Å². The molecule has 1 rings (SSSR count). The summed E-state index contributed by atoms with van der Waals surface area (Å²) >= 11 is 5.69. The van der Waals surface area contributed by atoms with Gasteiger partial charge in [0.05, 0.1) is 17.8 Å². The SMILES string of the molecule is CNC(C)(Cn1cc(Cl)cn1)C(N)=O. The van der Waals surface area contributed by atoms with Gasteiger partial charge in [-0.05, 0) is 14.0 Å². The zero-order chi connectivity index (χ0) is 10.8. The number of nitrogens with zero attached hydrogens (tertiary/aromatic N) is 2. The van der Waals surface area contributed by atoms with Crippen molar-refractivity contribution in [1.82, 2.24) is 15.1 Å². The Labute approximate surface area is 87.2 Å². The zero-order valence-electron chi connectivity index (χ0n) is 8.12. The van der Waals surface area contributed by atoms with Crippen LogP contribution in [0.25, 0.3) is 0 Å². The van der Waals surface area contributed by atoms with Crippen molar-refractivity contribution in [3.05, 3.63) is 17.4 Å². The maximum absolute atomic E-state index is 11.1. The van der Waals surface area contributed by atoms with Gasteiger partial charge in [-0.1, -0.05) is 11.6 Å². The maximum Gasteiger partial charge on any atom is 0.239 e. The molecule has 0 spiro atoms. The van der Waals surface area contributed by atoms with E-state index in [1.807, 2.05) is 0 Å². The van der Waals surface area contributed by atoms with Crippen LogP contribution in [0.4, 0.5) is 0 Å². The number of nitrogens with one attached hydrogen (secondary N) is 1. The minimum atomic E-state index is -0.810. The number of carbonyl (C=O) groups excluding carboxylic acids is 1. The molecule has 1 heterocycles. The van der Waals surface area contributed by atoms with E-state index in [4.69, 9.17) is 17.3 Å². The zero-order valence-corrected chi connectivity index (χ0v) is 8.88. The van der Waals surface area contributed by atoms with Crippen LogP contribution in [0.5, 0.6) is 0 Å². The summed E-state index contributed by atoms with van der Waals surface area (Å²) in [5, 5.41) is 7.36. The van der Waals surface area contributed by atoms with Gasteiger partial charge in [0.2, 0.25) is 5.91 Å². The number of aromatic nitrogens is 2. The van der Waals surface area contributed by atoms with Crippen LogP contribution < -0.4 is 11.1 Å². The Hall–Kier alpha value is -1.07. The Bertz CT molecular complexity index is 338. The van der Waals surface area contributed by atoms with Crippen molar-refractivity contribution in [3.8, 4) is 0 Å². The number of rotatable bonds is 4. The van der Waals surface area contributed by atoms with Gasteiger partial charge in [0, 0.05) is 6.20 Å². The first kappa shape index (κ1) is 11.0. The van der Waals surface area contributed by atoms with Crippen LogP contribution in [0.2, 0.25) is 5.02 Å². The second-order valence-electron chi connectivity index (χ2n) is 3.30. The Morgan fingerprint density at radius 3 is 2.86 bits per heavy atom. The molecule has 3 N–H and O–H groups in total. The fourth-order valence-corrected chi connectivity index (χ4v) is 1.19. The summed E-state index contributed by atoms with van der Waals surface area (Å²) in [6, 6.07) is 0. The lowest BCUT2D eigenvalue weighted by Gasteiger charge is -2.24. The van der Waals surface area contributed by atoms with Crippen molar-refractivity contribution in [3.63, 3.8) is 0 Å². The van der Waals surface area contributed by atoms with Gasteiger partial charge in [0.15, 0.2) is 0 Å². The first-order valence-electron chi connectivity index (χ1n) is 4.15. The van der Waals surface area contributed by atoms with E-state index in [1.54, 1.807) is 24.9 Å². The molecule has 0 saturated carbocycles. The highest BCUT2D eigenvalue weighted by atomic mass is 35.5. The Kier molecular flexibility index (Phi) is 3.13. The predicted molar refractivity (Wildman–Crippen MR) is 53.9 cm³/mol. The molecule has 0 bridgehead atoms. The molecule has 14 heavy (non-hydrogen) atoms. The van der Waals surface area contributed by atoms with Crippen LogP contribution in [0.1, 0.15) is 6.92 Å². The minimum absolute atomic E-state index is 0.353. The molecule has 1 atom stereocenters. The van der Waals surface area contributed by atoms with E-state index < -0.39 is 11.4 Å². The van der Waals surface area contributed by atoms with Gasteiger partial charge in [0.25, 0.3) is 0 Å². The maximum atomic E-state index is 11.1. The highest BCUT2D eigenvalue weighted by Gasteiger charge is 2.29. The molecular formula is C8H13ClN4O. The van der Waals surface area contributed by atoms with Crippen LogP contribution in [0.15, 0.2) is 12.4 Å². The van der Waals surface area contributed by atoms with Gasteiger partial charge >= 0.3 is 0 Å². The third kappa shape index (κ3) is 2.24. The van der Waals surface area contributed by atoms with Crippen LogP contribution in [-0.2, 0) is 11.3 Å². The first-order chi connectivity index (χ1) is 6.48. The van der Waals surface area contributed by atoms with E-state index in [0.717, 1.165) is 0 Å². The van der Waals surface area contributed by atoms with Gasteiger partial charge in [-0.2, -0.15) is 5.10 Å². The lowest BCUT2D eigenvalue weighted by molar-refractivity contribution is -0.124. The fraction of sp³-hybridized carbons (Fsp3) is 0.500. The molecule has 0 aliphatic carbocycles. The summed E-state index contributed by atoms with van der Waals surface area (Å²) in [6.45, 7) is 2.07. The summed E-state index contributed by atoms with van der Waals surface area (Å²) in [6.07, 6.45) is 3.15. The number of primary amides is 1. The number of amides is 1. The van der Waals surface area contributed by atoms with Crippen molar-refractivity contribution < 1.29 is 4.79 Å². The average Bonchev–Trinajstić information content (AvgIpc) is 2.50. The molecule has 1 unspecified atom stereocenters. The van der Waals surface area contributed by atoms with Crippen molar-refractivity contribution in [2.24, 2.45) is 5.73 Å². The van der Waals surface area contributed by atoms with E-state index >= 15 is 0 Å². The summed E-state index contributed by atoms with van der Waals surface area (Å²) in [5.74, 6) is -0.424. The van der Waals surface area contributed by atoms with Gasteiger partial charge in [-0.3, -0.25) is 9.48 Å². The third-order valence-electron chi connectivity index (χ3n) is 2.18. The fourth-order valence-electron chi connectivity index (χ4n) is 1.03. The summed E-state index contributed by atoms with van der Waals surface area (Å²) < 4.78 is 1.57.